The third-order valence-corrected chi connectivity index (χ3v) is 2.93. The Labute approximate surface area is 115 Å². The first kappa shape index (κ1) is 13.4. The Morgan fingerprint density at radius 3 is 2.89 bits per heavy atom. The van der Waals surface area contributed by atoms with Gasteiger partial charge in [-0.1, -0.05) is 11.6 Å². The van der Waals surface area contributed by atoms with Crippen LogP contribution in [0.5, 0.6) is 11.5 Å². The Hall–Kier alpha value is -2.07. The van der Waals surface area contributed by atoms with E-state index in [0.29, 0.717) is 22.1 Å². The molecule has 0 fully saturated rings. The Bertz CT molecular complexity index is 587. The molecule has 0 aliphatic rings. The summed E-state index contributed by atoms with van der Waals surface area (Å²) in [4.78, 5) is 14.8. The van der Waals surface area contributed by atoms with E-state index < -0.39 is 0 Å². The van der Waals surface area contributed by atoms with Crippen molar-refractivity contribution in [2.45, 2.75) is 6.61 Å². The van der Waals surface area contributed by atoms with Gasteiger partial charge in [-0.15, -0.1) is 0 Å². The van der Waals surface area contributed by atoms with Gasteiger partial charge in [-0.3, -0.25) is 9.78 Å². The number of methoxy groups -OCH3 is 1. The van der Waals surface area contributed by atoms with Crippen molar-refractivity contribution in [3.8, 4) is 11.5 Å². The number of pyridine rings is 1. The zero-order valence-electron chi connectivity index (χ0n) is 10.3. The molecule has 0 atom stereocenters. The molecule has 19 heavy (non-hydrogen) atoms. The lowest BCUT2D eigenvalue weighted by molar-refractivity contribution is 0.111. The summed E-state index contributed by atoms with van der Waals surface area (Å²) in [5.74, 6) is 1.09. The summed E-state index contributed by atoms with van der Waals surface area (Å²) in [6, 6.07) is 6.78. The van der Waals surface area contributed by atoms with E-state index in [9.17, 15) is 4.79 Å². The van der Waals surface area contributed by atoms with Gasteiger partial charge in [0.2, 0.25) is 0 Å². The van der Waals surface area contributed by atoms with Crippen LogP contribution in [-0.2, 0) is 6.61 Å². The number of aromatic nitrogens is 1. The summed E-state index contributed by atoms with van der Waals surface area (Å²) in [7, 11) is 1.55. The van der Waals surface area contributed by atoms with Gasteiger partial charge in [-0.05, 0) is 18.2 Å². The highest BCUT2D eigenvalue weighted by atomic mass is 35.5. The van der Waals surface area contributed by atoms with Gasteiger partial charge in [0.15, 0.2) is 6.29 Å². The molecule has 0 aliphatic carbocycles. The SMILES string of the molecule is COc1ccc(C=O)c(OCc2ccncc2Cl)c1. The molecular weight excluding hydrogens is 266 g/mol. The van der Waals surface area contributed by atoms with Crippen LogP contribution >= 0.6 is 11.6 Å². The topological polar surface area (TPSA) is 48.4 Å². The van der Waals surface area contributed by atoms with Gasteiger partial charge in [-0.2, -0.15) is 0 Å². The van der Waals surface area contributed by atoms with Crippen LogP contribution in [0, 0.1) is 0 Å². The summed E-state index contributed by atoms with van der Waals surface area (Å²) in [6.45, 7) is 0.259. The lowest BCUT2D eigenvalue weighted by Gasteiger charge is -2.10. The molecule has 98 valence electrons. The number of benzene rings is 1. The fourth-order valence-electron chi connectivity index (χ4n) is 1.54. The zero-order chi connectivity index (χ0) is 13.7. The van der Waals surface area contributed by atoms with Crippen molar-refractivity contribution in [3.05, 3.63) is 52.8 Å². The highest BCUT2D eigenvalue weighted by molar-refractivity contribution is 6.31. The molecular formula is C14H12ClNO3. The molecule has 0 radical (unpaired) electrons. The summed E-state index contributed by atoms with van der Waals surface area (Å²) in [5.41, 5.74) is 1.27. The summed E-state index contributed by atoms with van der Waals surface area (Å²) in [6.07, 6.45) is 3.92. The van der Waals surface area contributed by atoms with Gasteiger partial charge in [0.25, 0.3) is 0 Å². The molecule has 2 aromatic rings. The fourth-order valence-corrected chi connectivity index (χ4v) is 1.71. The second-order valence-electron chi connectivity index (χ2n) is 3.78. The smallest absolute Gasteiger partial charge is 0.153 e. The average molecular weight is 278 g/mol. The van der Waals surface area contributed by atoms with Crippen molar-refractivity contribution < 1.29 is 14.3 Å². The quantitative estimate of drug-likeness (QED) is 0.788. The molecule has 0 unspecified atom stereocenters. The fraction of sp³-hybridized carbons (Fsp3) is 0.143. The van der Waals surface area contributed by atoms with E-state index in [2.05, 4.69) is 4.98 Å². The Kier molecular flexibility index (Phi) is 4.36. The van der Waals surface area contributed by atoms with Gasteiger partial charge in [-0.25, -0.2) is 0 Å². The molecule has 4 nitrogen and oxygen atoms in total. The summed E-state index contributed by atoms with van der Waals surface area (Å²) >= 11 is 5.99. The molecule has 2 rings (SSSR count). The van der Waals surface area contributed by atoms with E-state index in [1.54, 1.807) is 43.8 Å². The highest BCUT2D eigenvalue weighted by Crippen LogP contribution is 2.25. The van der Waals surface area contributed by atoms with Gasteiger partial charge >= 0.3 is 0 Å². The van der Waals surface area contributed by atoms with Crippen LogP contribution in [0.2, 0.25) is 5.02 Å². The number of halogens is 1. The first-order valence-corrected chi connectivity index (χ1v) is 5.97. The first-order chi connectivity index (χ1) is 9.24. The highest BCUT2D eigenvalue weighted by Gasteiger charge is 2.07. The maximum Gasteiger partial charge on any atom is 0.153 e. The third-order valence-electron chi connectivity index (χ3n) is 2.59. The molecule has 5 heteroatoms. The molecule has 1 aromatic carbocycles. The Balaban J connectivity index is 2.19. The van der Waals surface area contributed by atoms with Crippen LogP contribution < -0.4 is 9.47 Å². The van der Waals surface area contributed by atoms with Crippen molar-refractivity contribution in [2.24, 2.45) is 0 Å². The van der Waals surface area contributed by atoms with Gasteiger partial charge in [0.1, 0.15) is 18.1 Å². The van der Waals surface area contributed by atoms with Crippen molar-refractivity contribution >= 4 is 17.9 Å². The zero-order valence-corrected chi connectivity index (χ0v) is 11.1. The monoisotopic (exact) mass is 277 g/mol. The van der Waals surface area contributed by atoms with Crippen LogP contribution in [0.3, 0.4) is 0 Å². The number of aldehydes is 1. The minimum atomic E-state index is 0.259. The van der Waals surface area contributed by atoms with Crippen LogP contribution in [0.1, 0.15) is 15.9 Å². The molecule has 0 amide bonds. The Morgan fingerprint density at radius 1 is 1.37 bits per heavy atom. The Morgan fingerprint density at radius 2 is 2.21 bits per heavy atom. The molecule has 0 N–H and O–H groups in total. The molecule has 0 aliphatic heterocycles. The predicted molar refractivity (Wildman–Crippen MR) is 72.0 cm³/mol. The number of hydrogen-bond acceptors (Lipinski definition) is 4. The van der Waals surface area contributed by atoms with E-state index in [-0.39, 0.29) is 6.61 Å². The van der Waals surface area contributed by atoms with Crippen LogP contribution in [0.25, 0.3) is 0 Å². The third kappa shape index (κ3) is 3.23. The number of rotatable bonds is 5. The average Bonchev–Trinajstić information content (AvgIpc) is 2.46. The standard InChI is InChI=1S/C14H12ClNO3/c1-18-12-3-2-10(8-17)14(6-12)19-9-11-4-5-16-7-13(11)15/h2-8H,9H2,1H3. The summed E-state index contributed by atoms with van der Waals surface area (Å²) < 4.78 is 10.7. The molecule has 1 heterocycles. The second kappa shape index (κ2) is 6.20. The van der Waals surface area contributed by atoms with Gasteiger partial charge in [0.05, 0.1) is 17.7 Å². The van der Waals surface area contributed by atoms with Crippen LogP contribution in [0.4, 0.5) is 0 Å². The number of carbonyl (C=O) groups excluding carboxylic acids is 1. The van der Waals surface area contributed by atoms with E-state index in [1.807, 2.05) is 0 Å². The minimum Gasteiger partial charge on any atom is -0.497 e. The maximum absolute atomic E-state index is 10.9. The summed E-state index contributed by atoms with van der Waals surface area (Å²) in [5, 5.41) is 0.526. The normalized spacial score (nSPS) is 10.0. The first-order valence-electron chi connectivity index (χ1n) is 5.59. The van der Waals surface area contributed by atoms with Crippen molar-refractivity contribution in [2.75, 3.05) is 7.11 Å². The predicted octanol–water partition coefficient (Wildman–Crippen LogP) is 3.14. The van der Waals surface area contributed by atoms with Crippen molar-refractivity contribution in [1.82, 2.24) is 4.98 Å². The van der Waals surface area contributed by atoms with Crippen LogP contribution in [0.15, 0.2) is 36.7 Å². The molecule has 0 bridgehead atoms. The van der Waals surface area contributed by atoms with E-state index >= 15 is 0 Å². The number of nitrogens with zero attached hydrogens (tertiary/aromatic N) is 1. The van der Waals surface area contributed by atoms with Crippen molar-refractivity contribution in [1.29, 1.82) is 0 Å². The van der Waals surface area contributed by atoms with Crippen LogP contribution in [-0.4, -0.2) is 18.4 Å². The van der Waals surface area contributed by atoms with Crippen molar-refractivity contribution in [3.63, 3.8) is 0 Å². The maximum atomic E-state index is 10.9. The molecule has 0 spiro atoms. The van der Waals surface area contributed by atoms with E-state index in [1.165, 1.54) is 0 Å². The van der Waals surface area contributed by atoms with Gasteiger partial charge in [0, 0.05) is 24.0 Å². The lowest BCUT2D eigenvalue weighted by atomic mass is 10.2. The molecule has 0 saturated heterocycles. The van der Waals surface area contributed by atoms with E-state index in [4.69, 9.17) is 21.1 Å². The molecule has 1 aromatic heterocycles. The lowest BCUT2D eigenvalue weighted by Crippen LogP contribution is -1.99. The largest absolute Gasteiger partial charge is 0.497 e. The number of hydrogen-bond donors (Lipinski definition) is 0. The molecule has 0 saturated carbocycles. The van der Waals surface area contributed by atoms with Gasteiger partial charge < -0.3 is 9.47 Å². The number of ether oxygens (including phenoxy) is 2. The van der Waals surface area contributed by atoms with E-state index in [0.717, 1.165) is 11.8 Å². The minimum absolute atomic E-state index is 0.259. The second-order valence-corrected chi connectivity index (χ2v) is 4.18. The number of carbonyl (C=O) groups is 1.